The van der Waals surface area contributed by atoms with E-state index in [1.807, 2.05) is 11.3 Å². The Hall–Kier alpha value is -2.38. The Morgan fingerprint density at radius 1 is 0.682 bits per heavy atom. The molecule has 0 unspecified atom stereocenters. The van der Waals surface area contributed by atoms with Gasteiger partial charge in [-0.15, -0.1) is 11.3 Å². The zero-order chi connectivity index (χ0) is 14.5. The zero-order valence-electron chi connectivity index (χ0n) is 12.0. The van der Waals surface area contributed by atoms with Gasteiger partial charge >= 0.3 is 0 Å². The second-order valence-corrected chi connectivity index (χ2v) is 6.75. The molecule has 0 fully saturated rings. The van der Waals surface area contributed by atoms with Crippen molar-refractivity contribution in [3.8, 4) is 21.6 Å². The SMILES string of the molecule is c1csc(-c2cccc3ccc4c(c23)Cc2ccccc2-4)c1. The fourth-order valence-corrected chi connectivity index (χ4v) is 4.41. The highest BCUT2D eigenvalue weighted by atomic mass is 32.1. The van der Waals surface area contributed by atoms with Crippen molar-refractivity contribution in [2.75, 3.05) is 0 Å². The zero-order valence-corrected chi connectivity index (χ0v) is 12.9. The summed E-state index contributed by atoms with van der Waals surface area (Å²) in [5, 5.41) is 4.93. The molecule has 5 rings (SSSR count). The van der Waals surface area contributed by atoms with Crippen LogP contribution < -0.4 is 0 Å². The first-order valence-corrected chi connectivity index (χ1v) is 8.46. The van der Waals surface area contributed by atoms with Crippen LogP contribution in [0, 0.1) is 0 Å². The summed E-state index contributed by atoms with van der Waals surface area (Å²) in [6.45, 7) is 0. The van der Waals surface area contributed by atoms with Crippen LogP contribution in [-0.4, -0.2) is 0 Å². The monoisotopic (exact) mass is 298 g/mol. The minimum Gasteiger partial charge on any atom is -0.144 e. The van der Waals surface area contributed by atoms with Gasteiger partial charge in [0, 0.05) is 4.88 Å². The molecule has 3 aromatic carbocycles. The van der Waals surface area contributed by atoms with Gasteiger partial charge in [0.1, 0.15) is 0 Å². The molecule has 0 saturated carbocycles. The molecule has 104 valence electrons. The first kappa shape index (κ1) is 12.2. The number of rotatable bonds is 1. The summed E-state index contributed by atoms with van der Waals surface area (Å²) >= 11 is 1.82. The van der Waals surface area contributed by atoms with Crippen molar-refractivity contribution in [3.63, 3.8) is 0 Å². The molecule has 4 aromatic rings. The van der Waals surface area contributed by atoms with E-state index < -0.39 is 0 Å². The van der Waals surface area contributed by atoms with Crippen LogP contribution in [0.3, 0.4) is 0 Å². The van der Waals surface area contributed by atoms with Crippen LogP contribution in [0.2, 0.25) is 0 Å². The standard InChI is InChI=1S/C21H14S/c1-2-7-16-15(5-1)13-19-17(16)11-10-14-6-3-8-18(21(14)19)20-9-4-12-22-20/h1-12H,13H2. The molecule has 0 aliphatic heterocycles. The lowest BCUT2D eigenvalue weighted by atomic mass is 9.95. The third-order valence-electron chi connectivity index (χ3n) is 4.61. The lowest BCUT2D eigenvalue weighted by molar-refractivity contribution is 1.28. The number of fused-ring (bicyclic) bond motifs is 5. The lowest BCUT2D eigenvalue weighted by Crippen LogP contribution is -1.87. The molecule has 22 heavy (non-hydrogen) atoms. The number of thiophene rings is 1. The van der Waals surface area contributed by atoms with E-state index >= 15 is 0 Å². The van der Waals surface area contributed by atoms with E-state index in [2.05, 4.69) is 72.1 Å². The van der Waals surface area contributed by atoms with Gasteiger partial charge in [0.05, 0.1) is 0 Å². The topological polar surface area (TPSA) is 0 Å². The molecular weight excluding hydrogens is 284 g/mol. The third-order valence-corrected chi connectivity index (χ3v) is 5.52. The Labute approximate surface area is 133 Å². The predicted octanol–water partition coefficient (Wildman–Crippen LogP) is 6.14. The van der Waals surface area contributed by atoms with Crippen molar-refractivity contribution < 1.29 is 0 Å². The van der Waals surface area contributed by atoms with Crippen LogP contribution in [-0.2, 0) is 6.42 Å². The maximum absolute atomic E-state index is 2.29. The summed E-state index contributed by atoms with van der Waals surface area (Å²) in [6, 6.07) is 24.4. The van der Waals surface area contributed by atoms with E-state index in [0.717, 1.165) is 6.42 Å². The first-order chi connectivity index (χ1) is 10.9. The quantitative estimate of drug-likeness (QED) is 0.349. The molecule has 0 saturated heterocycles. The van der Waals surface area contributed by atoms with Crippen molar-refractivity contribution in [1.29, 1.82) is 0 Å². The van der Waals surface area contributed by atoms with E-state index in [1.54, 1.807) is 0 Å². The van der Waals surface area contributed by atoms with Gasteiger partial charge < -0.3 is 0 Å². The molecule has 0 N–H and O–H groups in total. The average molecular weight is 298 g/mol. The van der Waals surface area contributed by atoms with Gasteiger partial charge in [0.15, 0.2) is 0 Å². The minimum absolute atomic E-state index is 1.05. The van der Waals surface area contributed by atoms with Gasteiger partial charge in [-0.2, -0.15) is 0 Å². The van der Waals surface area contributed by atoms with E-state index in [4.69, 9.17) is 0 Å². The van der Waals surface area contributed by atoms with Gasteiger partial charge in [-0.3, -0.25) is 0 Å². The summed E-state index contributed by atoms with van der Waals surface area (Å²) < 4.78 is 0. The molecule has 1 heterocycles. The first-order valence-electron chi connectivity index (χ1n) is 7.58. The van der Waals surface area contributed by atoms with Crippen LogP contribution >= 0.6 is 11.3 Å². The van der Waals surface area contributed by atoms with E-state index in [0.29, 0.717) is 0 Å². The summed E-state index contributed by atoms with van der Waals surface area (Å²) in [4.78, 5) is 1.36. The maximum atomic E-state index is 2.29. The Morgan fingerprint density at radius 3 is 2.50 bits per heavy atom. The van der Waals surface area contributed by atoms with Crippen molar-refractivity contribution in [2.45, 2.75) is 6.42 Å². The van der Waals surface area contributed by atoms with Crippen molar-refractivity contribution in [2.24, 2.45) is 0 Å². The molecule has 0 atom stereocenters. The van der Waals surface area contributed by atoms with Gasteiger partial charge in [-0.1, -0.05) is 60.7 Å². The summed E-state index contributed by atoms with van der Waals surface area (Å²) in [7, 11) is 0. The Balaban J connectivity index is 1.88. The predicted molar refractivity (Wildman–Crippen MR) is 95.5 cm³/mol. The smallest absolute Gasteiger partial charge is 0.0349 e. The molecule has 1 aliphatic carbocycles. The molecular formula is C21H14S. The second-order valence-electron chi connectivity index (χ2n) is 5.81. The minimum atomic E-state index is 1.05. The molecule has 0 radical (unpaired) electrons. The Bertz CT molecular complexity index is 994. The van der Waals surface area contributed by atoms with Crippen molar-refractivity contribution in [1.82, 2.24) is 0 Å². The van der Waals surface area contributed by atoms with Crippen LogP contribution in [0.1, 0.15) is 11.1 Å². The van der Waals surface area contributed by atoms with Crippen LogP contribution in [0.25, 0.3) is 32.3 Å². The van der Waals surface area contributed by atoms with Gasteiger partial charge in [-0.05, 0) is 56.5 Å². The van der Waals surface area contributed by atoms with E-state index in [9.17, 15) is 0 Å². The van der Waals surface area contributed by atoms with Gasteiger partial charge in [0.2, 0.25) is 0 Å². The molecule has 0 bridgehead atoms. The van der Waals surface area contributed by atoms with Crippen molar-refractivity contribution in [3.05, 3.63) is 83.2 Å². The fraction of sp³-hybridized carbons (Fsp3) is 0.0476. The largest absolute Gasteiger partial charge is 0.144 e. The number of hydrogen-bond donors (Lipinski definition) is 0. The Morgan fingerprint density at radius 2 is 1.59 bits per heavy atom. The number of benzene rings is 3. The summed E-state index contributed by atoms with van der Waals surface area (Å²) in [5.41, 5.74) is 7.12. The molecule has 1 aliphatic rings. The molecule has 0 amide bonds. The van der Waals surface area contributed by atoms with Crippen LogP contribution in [0.4, 0.5) is 0 Å². The normalized spacial score (nSPS) is 12.4. The van der Waals surface area contributed by atoms with Crippen LogP contribution in [0.15, 0.2) is 72.1 Å². The average Bonchev–Trinajstić information content (AvgIpc) is 3.21. The van der Waals surface area contributed by atoms with E-state index in [-0.39, 0.29) is 0 Å². The lowest BCUT2D eigenvalue weighted by Gasteiger charge is -2.10. The molecule has 0 nitrogen and oxygen atoms in total. The highest BCUT2D eigenvalue weighted by molar-refractivity contribution is 7.13. The summed E-state index contributed by atoms with van der Waals surface area (Å²) in [5.74, 6) is 0. The maximum Gasteiger partial charge on any atom is 0.0349 e. The highest BCUT2D eigenvalue weighted by Crippen LogP contribution is 2.43. The van der Waals surface area contributed by atoms with Gasteiger partial charge in [0.25, 0.3) is 0 Å². The summed E-state index contributed by atoms with van der Waals surface area (Å²) in [6.07, 6.45) is 1.05. The third kappa shape index (κ3) is 1.63. The molecule has 1 aromatic heterocycles. The van der Waals surface area contributed by atoms with Gasteiger partial charge in [-0.25, -0.2) is 0 Å². The molecule has 0 spiro atoms. The van der Waals surface area contributed by atoms with E-state index in [1.165, 1.54) is 43.5 Å². The fourth-order valence-electron chi connectivity index (χ4n) is 3.65. The molecule has 1 heteroatoms. The Kier molecular flexibility index (Phi) is 2.53. The second kappa shape index (κ2) is 4.56. The highest BCUT2D eigenvalue weighted by Gasteiger charge is 2.21. The number of hydrogen-bond acceptors (Lipinski definition) is 1. The van der Waals surface area contributed by atoms with Crippen LogP contribution in [0.5, 0.6) is 0 Å². The van der Waals surface area contributed by atoms with Crippen molar-refractivity contribution >= 4 is 22.1 Å².